The number of hydrogen-bond donors (Lipinski definition) is 0. The van der Waals surface area contributed by atoms with E-state index in [-0.39, 0.29) is 11.5 Å². The van der Waals surface area contributed by atoms with Gasteiger partial charge < -0.3 is 14.2 Å². The number of halogens is 1. The molecular formula is C24H17BrO5. The molecule has 0 radical (unpaired) electrons. The van der Waals surface area contributed by atoms with E-state index in [0.29, 0.717) is 33.9 Å². The van der Waals surface area contributed by atoms with Crippen molar-refractivity contribution in [1.82, 2.24) is 0 Å². The molecule has 6 heteroatoms. The topological polar surface area (TPSA) is 61.8 Å². The first-order valence-corrected chi connectivity index (χ1v) is 9.95. The second-order valence-corrected chi connectivity index (χ2v) is 7.60. The van der Waals surface area contributed by atoms with E-state index in [1.54, 1.807) is 49.4 Å². The van der Waals surface area contributed by atoms with Crippen LogP contribution in [0.2, 0.25) is 0 Å². The fraction of sp³-hybridized carbons (Fsp3) is 0.0833. The predicted molar refractivity (Wildman–Crippen MR) is 116 cm³/mol. The summed E-state index contributed by atoms with van der Waals surface area (Å²) >= 11 is 3.42. The lowest BCUT2D eigenvalue weighted by molar-refractivity contribution is 0.0732. The first-order chi connectivity index (χ1) is 14.5. The molecule has 0 unspecified atom stereocenters. The van der Waals surface area contributed by atoms with Crippen molar-refractivity contribution in [2.24, 2.45) is 0 Å². The number of methoxy groups -OCH3 is 1. The van der Waals surface area contributed by atoms with Crippen LogP contribution in [0.1, 0.15) is 31.8 Å². The molecular weight excluding hydrogens is 448 g/mol. The number of esters is 1. The van der Waals surface area contributed by atoms with Gasteiger partial charge in [-0.2, -0.15) is 0 Å². The molecule has 3 aromatic carbocycles. The van der Waals surface area contributed by atoms with Crippen LogP contribution in [-0.2, 0) is 0 Å². The van der Waals surface area contributed by atoms with Crippen LogP contribution < -0.4 is 14.2 Å². The number of ketones is 1. The van der Waals surface area contributed by atoms with E-state index >= 15 is 0 Å². The van der Waals surface area contributed by atoms with Crippen molar-refractivity contribution in [3.05, 3.63) is 93.1 Å². The molecule has 3 aromatic rings. The Morgan fingerprint density at radius 3 is 2.63 bits per heavy atom. The average Bonchev–Trinajstić information content (AvgIpc) is 3.06. The van der Waals surface area contributed by atoms with Gasteiger partial charge in [-0.3, -0.25) is 4.79 Å². The minimum Gasteiger partial charge on any atom is -0.497 e. The van der Waals surface area contributed by atoms with Gasteiger partial charge in [0.25, 0.3) is 0 Å². The highest BCUT2D eigenvalue weighted by Crippen LogP contribution is 2.39. The molecule has 0 bridgehead atoms. The fourth-order valence-electron chi connectivity index (χ4n) is 3.14. The molecule has 1 heterocycles. The predicted octanol–water partition coefficient (Wildman–Crippen LogP) is 5.60. The summed E-state index contributed by atoms with van der Waals surface area (Å²) in [5, 5.41) is 0. The zero-order valence-electron chi connectivity index (χ0n) is 16.3. The second-order valence-electron chi connectivity index (χ2n) is 6.68. The van der Waals surface area contributed by atoms with Crippen LogP contribution in [0.3, 0.4) is 0 Å². The van der Waals surface area contributed by atoms with E-state index in [1.165, 1.54) is 7.11 Å². The summed E-state index contributed by atoms with van der Waals surface area (Å²) in [6, 6.07) is 17.5. The van der Waals surface area contributed by atoms with E-state index in [4.69, 9.17) is 14.2 Å². The Morgan fingerprint density at radius 1 is 1.07 bits per heavy atom. The third kappa shape index (κ3) is 3.86. The van der Waals surface area contributed by atoms with Crippen molar-refractivity contribution in [3.8, 4) is 17.2 Å². The van der Waals surface area contributed by atoms with Crippen molar-refractivity contribution in [2.45, 2.75) is 6.92 Å². The molecule has 0 aromatic heterocycles. The molecule has 4 rings (SSSR count). The molecule has 0 atom stereocenters. The standard InChI is InChI=1S/C24H17BrO5/c1-14-20(30-24(27)16-6-4-8-18(13-16)28-2)10-9-19-22(26)21(29-23(14)19)12-15-5-3-7-17(25)11-15/h3-13H,1-2H3/b21-12-. The molecule has 0 spiro atoms. The largest absolute Gasteiger partial charge is 0.497 e. The van der Waals surface area contributed by atoms with Gasteiger partial charge in [-0.15, -0.1) is 0 Å². The number of allylic oxidation sites excluding steroid dienone is 1. The van der Waals surface area contributed by atoms with E-state index in [0.717, 1.165) is 10.0 Å². The normalized spacial score (nSPS) is 13.7. The molecule has 150 valence electrons. The first-order valence-electron chi connectivity index (χ1n) is 9.16. The van der Waals surface area contributed by atoms with Crippen LogP contribution in [-0.4, -0.2) is 18.9 Å². The van der Waals surface area contributed by atoms with Crippen LogP contribution >= 0.6 is 15.9 Å². The lowest BCUT2D eigenvalue weighted by Gasteiger charge is -2.10. The smallest absolute Gasteiger partial charge is 0.343 e. The van der Waals surface area contributed by atoms with Gasteiger partial charge >= 0.3 is 5.97 Å². The number of Topliss-reactive ketones (excluding diaryl/α,β-unsaturated/α-hetero) is 1. The number of rotatable bonds is 4. The van der Waals surface area contributed by atoms with Gasteiger partial charge in [-0.05, 0) is 61.0 Å². The highest BCUT2D eigenvalue weighted by molar-refractivity contribution is 9.10. The maximum absolute atomic E-state index is 12.7. The van der Waals surface area contributed by atoms with Crippen molar-refractivity contribution >= 4 is 33.8 Å². The second kappa shape index (κ2) is 8.16. The quantitative estimate of drug-likeness (QED) is 0.285. The van der Waals surface area contributed by atoms with Gasteiger partial charge in [0.05, 0.1) is 18.2 Å². The summed E-state index contributed by atoms with van der Waals surface area (Å²) in [4.78, 5) is 25.3. The molecule has 0 aliphatic carbocycles. The molecule has 0 fully saturated rings. The number of fused-ring (bicyclic) bond motifs is 1. The van der Waals surface area contributed by atoms with Gasteiger partial charge in [0.15, 0.2) is 5.76 Å². The first kappa shape index (κ1) is 19.9. The number of carbonyl (C=O) groups is 2. The maximum Gasteiger partial charge on any atom is 0.343 e. The molecule has 0 saturated heterocycles. The molecule has 1 aliphatic heterocycles. The Morgan fingerprint density at radius 2 is 1.87 bits per heavy atom. The van der Waals surface area contributed by atoms with Crippen molar-refractivity contribution in [1.29, 1.82) is 0 Å². The van der Waals surface area contributed by atoms with Gasteiger partial charge in [0, 0.05) is 10.0 Å². The zero-order chi connectivity index (χ0) is 21.3. The molecule has 5 nitrogen and oxygen atoms in total. The summed E-state index contributed by atoms with van der Waals surface area (Å²) in [7, 11) is 1.53. The average molecular weight is 465 g/mol. The van der Waals surface area contributed by atoms with Gasteiger partial charge in [-0.25, -0.2) is 4.79 Å². The van der Waals surface area contributed by atoms with Crippen LogP contribution in [0, 0.1) is 6.92 Å². The van der Waals surface area contributed by atoms with Crippen molar-refractivity contribution in [2.75, 3.05) is 7.11 Å². The van der Waals surface area contributed by atoms with E-state index in [1.807, 2.05) is 24.3 Å². The van der Waals surface area contributed by atoms with E-state index in [2.05, 4.69) is 15.9 Å². The number of carbonyl (C=O) groups excluding carboxylic acids is 2. The number of ether oxygens (including phenoxy) is 3. The third-order valence-corrected chi connectivity index (χ3v) is 5.18. The molecule has 1 aliphatic rings. The van der Waals surface area contributed by atoms with E-state index < -0.39 is 5.97 Å². The van der Waals surface area contributed by atoms with Gasteiger partial charge in [-0.1, -0.05) is 34.1 Å². The molecule has 0 saturated carbocycles. The van der Waals surface area contributed by atoms with E-state index in [9.17, 15) is 9.59 Å². The van der Waals surface area contributed by atoms with Crippen molar-refractivity contribution in [3.63, 3.8) is 0 Å². The highest BCUT2D eigenvalue weighted by Gasteiger charge is 2.30. The Kier molecular flexibility index (Phi) is 5.42. The van der Waals surface area contributed by atoms with Crippen LogP contribution in [0.4, 0.5) is 0 Å². The summed E-state index contributed by atoms with van der Waals surface area (Å²) in [5.41, 5.74) is 2.22. The Hall–Kier alpha value is -3.38. The Balaban J connectivity index is 1.61. The van der Waals surface area contributed by atoms with Crippen LogP contribution in [0.15, 0.2) is 70.9 Å². The lowest BCUT2D eigenvalue weighted by atomic mass is 10.1. The van der Waals surface area contributed by atoms with Crippen molar-refractivity contribution < 1.29 is 23.8 Å². The highest BCUT2D eigenvalue weighted by atomic mass is 79.9. The zero-order valence-corrected chi connectivity index (χ0v) is 17.9. The molecule has 0 amide bonds. The molecule has 30 heavy (non-hydrogen) atoms. The summed E-state index contributed by atoms with van der Waals surface area (Å²) in [6.45, 7) is 1.75. The van der Waals surface area contributed by atoms with Gasteiger partial charge in [0.1, 0.15) is 17.2 Å². The number of benzene rings is 3. The Bertz CT molecular complexity index is 1200. The minimum absolute atomic E-state index is 0.209. The summed E-state index contributed by atoms with van der Waals surface area (Å²) < 4.78 is 17.4. The third-order valence-electron chi connectivity index (χ3n) is 4.69. The maximum atomic E-state index is 12.7. The SMILES string of the molecule is COc1cccc(C(=O)Oc2ccc3c(c2C)O/C(=C\c2cccc(Br)c2)C3=O)c1. The minimum atomic E-state index is -0.522. The number of hydrogen-bond acceptors (Lipinski definition) is 5. The van der Waals surface area contributed by atoms with Gasteiger partial charge in [0.2, 0.25) is 5.78 Å². The fourth-order valence-corrected chi connectivity index (χ4v) is 3.55. The summed E-state index contributed by atoms with van der Waals surface area (Å²) in [5.74, 6) is 0.786. The Labute approximate surface area is 182 Å². The lowest BCUT2D eigenvalue weighted by Crippen LogP contribution is -2.09. The van der Waals surface area contributed by atoms with Crippen LogP contribution in [0.5, 0.6) is 17.2 Å². The summed E-state index contributed by atoms with van der Waals surface area (Å²) in [6.07, 6.45) is 1.69. The van der Waals surface area contributed by atoms with Crippen LogP contribution in [0.25, 0.3) is 6.08 Å². The molecule has 0 N–H and O–H groups in total. The monoisotopic (exact) mass is 464 g/mol.